The summed E-state index contributed by atoms with van der Waals surface area (Å²) in [6.07, 6.45) is 0. The summed E-state index contributed by atoms with van der Waals surface area (Å²) in [5.74, 6) is -0.430. The van der Waals surface area contributed by atoms with Gasteiger partial charge in [0.05, 0.1) is 6.54 Å². The Kier molecular flexibility index (Phi) is 5.44. The zero-order chi connectivity index (χ0) is 12.0. The molecule has 5 heteroatoms. The summed E-state index contributed by atoms with van der Waals surface area (Å²) >= 11 is 0. The van der Waals surface area contributed by atoms with E-state index in [9.17, 15) is 9.59 Å². The molecule has 5 nitrogen and oxygen atoms in total. The summed E-state index contributed by atoms with van der Waals surface area (Å²) in [6, 6.07) is -0.124. The summed E-state index contributed by atoms with van der Waals surface area (Å²) in [7, 11) is 4.98. The number of esters is 1. The normalized spacial score (nSPS) is 9.33. The van der Waals surface area contributed by atoms with Crippen LogP contribution in [-0.4, -0.2) is 56.1 Å². The van der Waals surface area contributed by atoms with E-state index >= 15 is 0 Å². The fraction of sp³-hybridized carbons (Fsp3) is 0.600. The average molecular weight is 214 g/mol. The number of rotatable bonds is 4. The van der Waals surface area contributed by atoms with Crippen LogP contribution >= 0.6 is 0 Å². The van der Waals surface area contributed by atoms with Gasteiger partial charge in [0, 0.05) is 26.7 Å². The van der Waals surface area contributed by atoms with Gasteiger partial charge in [-0.25, -0.2) is 9.59 Å². The van der Waals surface area contributed by atoms with Crippen molar-refractivity contribution in [3.8, 4) is 0 Å². The number of carbonyl (C=O) groups is 2. The van der Waals surface area contributed by atoms with E-state index in [4.69, 9.17) is 4.74 Å². The zero-order valence-corrected chi connectivity index (χ0v) is 9.74. The van der Waals surface area contributed by atoms with Gasteiger partial charge in [0.1, 0.15) is 6.61 Å². The topological polar surface area (TPSA) is 49.9 Å². The molecule has 0 aliphatic heterocycles. The molecule has 0 aromatic carbocycles. The highest BCUT2D eigenvalue weighted by Crippen LogP contribution is 1.94. The second-order valence-electron chi connectivity index (χ2n) is 3.51. The molecule has 2 amide bonds. The van der Waals surface area contributed by atoms with Crippen molar-refractivity contribution in [2.75, 3.05) is 34.3 Å². The molecule has 0 unspecified atom stereocenters. The molecule has 0 heterocycles. The molecule has 0 bridgehead atoms. The third-order valence-corrected chi connectivity index (χ3v) is 1.72. The van der Waals surface area contributed by atoms with Crippen LogP contribution in [0.1, 0.15) is 6.92 Å². The molecular weight excluding hydrogens is 196 g/mol. The van der Waals surface area contributed by atoms with Crippen molar-refractivity contribution in [1.82, 2.24) is 9.80 Å². The predicted octanol–water partition coefficient (Wildman–Crippen LogP) is 0.719. The van der Waals surface area contributed by atoms with Crippen molar-refractivity contribution in [2.45, 2.75) is 6.92 Å². The number of carbonyl (C=O) groups excluding carboxylic acids is 2. The first-order valence-corrected chi connectivity index (χ1v) is 4.61. The molecule has 0 aromatic rings. The lowest BCUT2D eigenvalue weighted by atomic mass is 10.4. The van der Waals surface area contributed by atoms with Crippen molar-refractivity contribution in [2.24, 2.45) is 0 Å². The van der Waals surface area contributed by atoms with Gasteiger partial charge in [-0.05, 0) is 6.92 Å². The Morgan fingerprint density at radius 2 is 1.80 bits per heavy atom. The highest BCUT2D eigenvalue weighted by atomic mass is 16.5. The van der Waals surface area contributed by atoms with Gasteiger partial charge in [0.25, 0.3) is 0 Å². The predicted molar refractivity (Wildman–Crippen MR) is 57.5 cm³/mol. The van der Waals surface area contributed by atoms with Gasteiger partial charge in [-0.2, -0.15) is 0 Å². The fourth-order valence-electron chi connectivity index (χ4n) is 0.836. The quantitative estimate of drug-likeness (QED) is 0.512. The minimum absolute atomic E-state index is 0.124. The summed E-state index contributed by atoms with van der Waals surface area (Å²) in [6.45, 7) is 5.59. The van der Waals surface area contributed by atoms with E-state index in [1.165, 1.54) is 9.80 Å². The number of amides is 2. The Morgan fingerprint density at radius 1 is 1.27 bits per heavy atom. The van der Waals surface area contributed by atoms with E-state index in [1.54, 1.807) is 28.1 Å². The summed E-state index contributed by atoms with van der Waals surface area (Å²) in [4.78, 5) is 25.3. The van der Waals surface area contributed by atoms with Crippen LogP contribution in [0.3, 0.4) is 0 Å². The largest absolute Gasteiger partial charge is 0.460 e. The first-order valence-electron chi connectivity index (χ1n) is 4.61. The van der Waals surface area contributed by atoms with Crippen molar-refractivity contribution >= 4 is 12.0 Å². The molecule has 0 saturated carbocycles. The minimum atomic E-state index is -0.430. The monoisotopic (exact) mass is 214 g/mol. The zero-order valence-electron chi connectivity index (χ0n) is 9.74. The van der Waals surface area contributed by atoms with E-state index in [1.807, 2.05) is 0 Å². The number of ether oxygens (including phenoxy) is 1. The summed E-state index contributed by atoms with van der Waals surface area (Å²) in [5.41, 5.74) is 0.358. The third-order valence-electron chi connectivity index (χ3n) is 1.72. The molecule has 15 heavy (non-hydrogen) atoms. The number of hydrogen-bond donors (Lipinski definition) is 0. The SMILES string of the molecule is C=C(C)C(=O)OCCN(C)C(=O)N(C)C. The van der Waals surface area contributed by atoms with Gasteiger partial charge < -0.3 is 14.5 Å². The van der Waals surface area contributed by atoms with Crippen LogP contribution < -0.4 is 0 Å². The maximum absolute atomic E-state index is 11.3. The third kappa shape index (κ3) is 5.05. The van der Waals surface area contributed by atoms with E-state index < -0.39 is 5.97 Å². The maximum Gasteiger partial charge on any atom is 0.333 e. The first kappa shape index (κ1) is 13.5. The van der Waals surface area contributed by atoms with Gasteiger partial charge in [-0.3, -0.25) is 0 Å². The molecule has 0 aromatic heterocycles. The molecule has 0 aliphatic carbocycles. The molecule has 86 valence electrons. The fourth-order valence-corrected chi connectivity index (χ4v) is 0.836. The average Bonchev–Trinajstić information content (AvgIpc) is 2.15. The van der Waals surface area contributed by atoms with Crippen molar-refractivity contribution in [3.63, 3.8) is 0 Å². The van der Waals surface area contributed by atoms with E-state index in [-0.39, 0.29) is 12.6 Å². The van der Waals surface area contributed by atoms with E-state index in [0.717, 1.165) is 0 Å². The molecule has 0 rings (SSSR count). The molecule has 0 fully saturated rings. The second-order valence-corrected chi connectivity index (χ2v) is 3.51. The Morgan fingerprint density at radius 3 is 2.20 bits per heavy atom. The van der Waals surface area contributed by atoms with Gasteiger partial charge >= 0.3 is 12.0 Å². The van der Waals surface area contributed by atoms with E-state index in [2.05, 4.69) is 6.58 Å². The smallest absolute Gasteiger partial charge is 0.333 e. The Bertz CT molecular complexity index is 261. The Balaban J connectivity index is 3.82. The van der Waals surface area contributed by atoms with Gasteiger partial charge in [0.2, 0.25) is 0 Å². The van der Waals surface area contributed by atoms with Crippen molar-refractivity contribution in [3.05, 3.63) is 12.2 Å². The maximum atomic E-state index is 11.3. The molecule has 0 saturated heterocycles. The molecule has 0 radical (unpaired) electrons. The summed E-state index contributed by atoms with van der Waals surface area (Å²) < 4.78 is 4.85. The van der Waals surface area contributed by atoms with E-state index in [0.29, 0.717) is 12.1 Å². The van der Waals surface area contributed by atoms with Crippen molar-refractivity contribution in [1.29, 1.82) is 0 Å². The van der Waals surface area contributed by atoms with Crippen LogP contribution in [0.5, 0.6) is 0 Å². The Hall–Kier alpha value is -1.52. The molecule has 0 N–H and O–H groups in total. The van der Waals surface area contributed by atoms with Gasteiger partial charge in [0.15, 0.2) is 0 Å². The van der Waals surface area contributed by atoms with Crippen LogP contribution in [0.2, 0.25) is 0 Å². The minimum Gasteiger partial charge on any atom is -0.460 e. The molecule has 0 aliphatic rings. The molecule has 0 spiro atoms. The number of urea groups is 1. The standard InChI is InChI=1S/C10H18N2O3/c1-8(2)9(13)15-7-6-12(5)10(14)11(3)4/h1,6-7H2,2-5H3. The summed E-state index contributed by atoms with van der Waals surface area (Å²) in [5, 5.41) is 0. The number of hydrogen-bond acceptors (Lipinski definition) is 3. The second kappa shape index (κ2) is 6.06. The molecule has 0 atom stereocenters. The van der Waals surface area contributed by atoms with Gasteiger partial charge in [-0.1, -0.05) is 6.58 Å². The van der Waals surface area contributed by atoms with Crippen LogP contribution in [0.4, 0.5) is 4.79 Å². The van der Waals surface area contributed by atoms with Crippen LogP contribution in [-0.2, 0) is 9.53 Å². The van der Waals surface area contributed by atoms with Crippen LogP contribution in [0, 0.1) is 0 Å². The number of nitrogens with zero attached hydrogens (tertiary/aromatic N) is 2. The van der Waals surface area contributed by atoms with Gasteiger partial charge in [-0.15, -0.1) is 0 Å². The Labute approximate surface area is 90.3 Å². The highest BCUT2D eigenvalue weighted by molar-refractivity contribution is 5.86. The first-order chi connectivity index (χ1) is 6.86. The van der Waals surface area contributed by atoms with Crippen LogP contribution in [0.15, 0.2) is 12.2 Å². The number of likely N-dealkylation sites (N-methyl/N-ethyl adjacent to an activating group) is 1. The lowest BCUT2D eigenvalue weighted by Crippen LogP contribution is -2.38. The lowest BCUT2D eigenvalue weighted by molar-refractivity contribution is -0.139. The van der Waals surface area contributed by atoms with Crippen LogP contribution in [0.25, 0.3) is 0 Å². The molecular formula is C10H18N2O3. The van der Waals surface area contributed by atoms with Crippen molar-refractivity contribution < 1.29 is 14.3 Å². The lowest BCUT2D eigenvalue weighted by Gasteiger charge is -2.21. The highest BCUT2D eigenvalue weighted by Gasteiger charge is 2.11.